The molecule has 0 radical (unpaired) electrons. The standard InChI is InChI=1S/C20H22N4O6S/c1-11(2)18(25)22-14-7-6-13(10-17(14)30-4)21-20(31)23-19(26)12-5-8-16(29-3)15(9-12)24(27)28/h5-11H,1-4H3,(H,22,25)(H2,21,23,26,31). The van der Waals surface area contributed by atoms with Crippen molar-refractivity contribution in [1.82, 2.24) is 5.32 Å². The summed E-state index contributed by atoms with van der Waals surface area (Å²) in [6, 6.07) is 8.71. The second kappa shape index (κ2) is 10.3. The van der Waals surface area contributed by atoms with Crippen LogP contribution in [0, 0.1) is 16.0 Å². The molecule has 0 aliphatic carbocycles. The van der Waals surface area contributed by atoms with Gasteiger partial charge in [0, 0.05) is 29.3 Å². The van der Waals surface area contributed by atoms with Crippen LogP contribution in [-0.4, -0.2) is 36.1 Å². The molecule has 0 spiro atoms. The molecule has 0 saturated carbocycles. The van der Waals surface area contributed by atoms with E-state index >= 15 is 0 Å². The maximum atomic E-state index is 12.4. The Morgan fingerprint density at radius 2 is 1.71 bits per heavy atom. The molecule has 0 aliphatic rings. The first-order chi connectivity index (χ1) is 14.7. The molecule has 0 aliphatic heterocycles. The number of nitrogens with zero attached hydrogens (tertiary/aromatic N) is 1. The minimum atomic E-state index is -0.641. The lowest BCUT2D eigenvalue weighted by molar-refractivity contribution is -0.385. The van der Waals surface area contributed by atoms with E-state index in [1.807, 2.05) is 0 Å². The zero-order chi connectivity index (χ0) is 23.1. The van der Waals surface area contributed by atoms with E-state index in [0.29, 0.717) is 17.1 Å². The van der Waals surface area contributed by atoms with Crippen LogP contribution in [0.15, 0.2) is 36.4 Å². The highest BCUT2D eigenvalue weighted by atomic mass is 32.1. The number of rotatable bonds is 7. The second-order valence-electron chi connectivity index (χ2n) is 6.61. The van der Waals surface area contributed by atoms with Gasteiger partial charge in [0.15, 0.2) is 10.9 Å². The summed E-state index contributed by atoms with van der Waals surface area (Å²) in [7, 11) is 2.76. The zero-order valence-electron chi connectivity index (χ0n) is 17.3. The lowest BCUT2D eigenvalue weighted by Gasteiger charge is -2.15. The van der Waals surface area contributed by atoms with Crippen LogP contribution in [0.2, 0.25) is 0 Å². The van der Waals surface area contributed by atoms with Gasteiger partial charge >= 0.3 is 5.69 Å². The zero-order valence-corrected chi connectivity index (χ0v) is 18.2. The summed E-state index contributed by atoms with van der Waals surface area (Å²) >= 11 is 5.15. The highest BCUT2D eigenvalue weighted by molar-refractivity contribution is 7.80. The number of thiocarbonyl (C=S) groups is 1. The minimum Gasteiger partial charge on any atom is -0.494 e. The summed E-state index contributed by atoms with van der Waals surface area (Å²) in [5.74, 6) is -0.539. The summed E-state index contributed by atoms with van der Waals surface area (Å²) in [5, 5.41) is 19.1. The summed E-state index contributed by atoms with van der Waals surface area (Å²) in [6.07, 6.45) is 0. The first-order valence-electron chi connectivity index (χ1n) is 9.10. The van der Waals surface area contributed by atoms with Crippen molar-refractivity contribution in [3.8, 4) is 11.5 Å². The average molecular weight is 446 g/mol. The Hall–Kier alpha value is -3.73. The fourth-order valence-electron chi connectivity index (χ4n) is 2.46. The van der Waals surface area contributed by atoms with E-state index in [0.717, 1.165) is 6.07 Å². The fourth-order valence-corrected chi connectivity index (χ4v) is 2.67. The molecule has 2 aromatic carbocycles. The Kier molecular flexibility index (Phi) is 7.86. The Morgan fingerprint density at radius 3 is 2.29 bits per heavy atom. The molecule has 0 atom stereocenters. The number of carbonyl (C=O) groups excluding carboxylic acids is 2. The van der Waals surface area contributed by atoms with E-state index < -0.39 is 10.8 Å². The van der Waals surface area contributed by atoms with Crippen LogP contribution in [0.3, 0.4) is 0 Å². The van der Waals surface area contributed by atoms with Crippen LogP contribution in [0.5, 0.6) is 11.5 Å². The smallest absolute Gasteiger partial charge is 0.311 e. The van der Waals surface area contributed by atoms with Gasteiger partial charge < -0.3 is 20.1 Å². The molecule has 2 aromatic rings. The fraction of sp³-hybridized carbons (Fsp3) is 0.250. The number of nitro benzene ring substituents is 1. The molecule has 2 amide bonds. The lowest BCUT2D eigenvalue weighted by Crippen LogP contribution is -2.34. The number of hydrogen-bond acceptors (Lipinski definition) is 7. The van der Waals surface area contributed by atoms with Crippen LogP contribution in [0.1, 0.15) is 24.2 Å². The van der Waals surface area contributed by atoms with E-state index in [4.69, 9.17) is 21.7 Å². The molecule has 3 N–H and O–H groups in total. The van der Waals surface area contributed by atoms with Crippen LogP contribution < -0.4 is 25.4 Å². The van der Waals surface area contributed by atoms with Gasteiger partial charge in [0.25, 0.3) is 5.91 Å². The number of benzene rings is 2. The number of nitrogens with one attached hydrogen (secondary N) is 3. The Bertz CT molecular complexity index is 1020. The lowest BCUT2D eigenvalue weighted by atomic mass is 10.1. The topological polar surface area (TPSA) is 132 Å². The van der Waals surface area contributed by atoms with Crippen molar-refractivity contribution in [2.24, 2.45) is 5.92 Å². The summed E-state index contributed by atoms with van der Waals surface area (Å²) in [6.45, 7) is 3.55. The van der Waals surface area contributed by atoms with Crippen LogP contribution in [-0.2, 0) is 4.79 Å². The van der Waals surface area contributed by atoms with Gasteiger partial charge in [-0.25, -0.2) is 0 Å². The SMILES string of the molecule is COc1cc(NC(=S)NC(=O)c2ccc(OC)c([N+](=O)[O-])c2)ccc1NC(=O)C(C)C. The summed E-state index contributed by atoms with van der Waals surface area (Å²) < 4.78 is 10.2. The quantitative estimate of drug-likeness (QED) is 0.335. The van der Waals surface area contributed by atoms with Crippen molar-refractivity contribution in [3.05, 3.63) is 52.1 Å². The molecule has 0 unspecified atom stereocenters. The third kappa shape index (κ3) is 6.12. The van der Waals surface area contributed by atoms with Crippen molar-refractivity contribution in [1.29, 1.82) is 0 Å². The number of ether oxygens (including phenoxy) is 2. The number of nitro groups is 1. The average Bonchev–Trinajstić information content (AvgIpc) is 2.73. The Morgan fingerprint density at radius 1 is 1.03 bits per heavy atom. The summed E-state index contributed by atoms with van der Waals surface area (Å²) in [4.78, 5) is 34.8. The van der Waals surface area contributed by atoms with E-state index in [9.17, 15) is 19.7 Å². The van der Waals surface area contributed by atoms with E-state index in [1.165, 1.54) is 26.4 Å². The van der Waals surface area contributed by atoms with E-state index in [2.05, 4.69) is 16.0 Å². The van der Waals surface area contributed by atoms with Crippen LogP contribution in [0.4, 0.5) is 17.1 Å². The van der Waals surface area contributed by atoms with Gasteiger partial charge in [-0.15, -0.1) is 0 Å². The van der Waals surface area contributed by atoms with E-state index in [1.54, 1.807) is 32.0 Å². The van der Waals surface area contributed by atoms with Gasteiger partial charge in [0.1, 0.15) is 5.75 Å². The number of anilines is 2. The van der Waals surface area contributed by atoms with Crippen molar-refractivity contribution >= 4 is 46.2 Å². The van der Waals surface area contributed by atoms with Gasteiger partial charge in [-0.1, -0.05) is 13.8 Å². The van der Waals surface area contributed by atoms with Crippen molar-refractivity contribution < 1.29 is 24.0 Å². The highest BCUT2D eigenvalue weighted by Crippen LogP contribution is 2.29. The Labute approximate surface area is 184 Å². The largest absolute Gasteiger partial charge is 0.494 e. The highest BCUT2D eigenvalue weighted by Gasteiger charge is 2.19. The molecule has 0 heterocycles. The number of carbonyl (C=O) groups is 2. The molecule has 0 bridgehead atoms. The van der Waals surface area contributed by atoms with Crippen molar-refractivity contribution in [3.63, 3.8) is 0 Å². The van der Waals surface area contributed by atoms with Gasteiger partial charge in [-0.3, -0.25) is 25.0 Å². The van der Waals surface area contributed by atoms with Gasteiger partial charge in [-0.05, 0) is 36.5 Å². The normalized spacial score (nSPS) is 10.2. The molecule has 164 valence electrons. The number of methoxy groups -OCH3 is 2. The van der Waals surface area contributed by atoms with Crippen LogP contribution in [0.25, 0.3) is 0 Å². The predicted octanol–water partition coefficient (Wildman–Crippen LogP) is 3.33. The molecule has 2 rings (SSSR count). The van der Waals surface area contributed by atoms with Gasteiger partial charge in [-0.2, -0.15) is 0 Å². The molecule has 31 heavy (non-hydrogen) atoms. The van der Waals surface area contributed by atoms with Crippen molar-refractivity contribution in [2.75, 3.05) is 24.9 Å². The first-order valence-corrected chi connectivity index (χ1v) is 9.50. The van der Waals surface area contributed by atoms with Gasteiger partial charge in [0.2, 0.25) is 5.91 Å². The molecular formula is C20H22N4O6S. The van der Waals surface area contributed by atoms with Crippen LogP contribution >= 0.6 is 12.2 Å². The van der Waals surface area contributed by atoms with Gasteiger partial charge in [0.05, 0.1) is 24.8 Å². The molecule has 11 heteroatoms. The predicted molar refractivity (Wildman–Crippen MR) is 120 cm³/mol. The summed E-state index contributed by atoms with van der Waals surface area (Å²) in [5.41, 5.74) is 0.705. The maximum Gasteiger partial charge on any atom is 0.311 e. The van der Waals surface area contributed by atoms with E-state index in [-0.39, 0.29) is 33.9 Å². The molecular weight excluding hydrogens is 424 g/mol. The molecule has 0 aromatic heterocycles. The van der Waals surface area contributed by atoms with Crippen molar-refractivity contribution in [2.45, 2.75) is 13.8 Å². The second-order valence-corrected chi connectivity index (χ2v) is 7.02. The molecule has 10 nitrogen and oxygen atoms in total. The minimum absolute atomic E-state index is 0.0236. The number of hydrogen-bond donors (Lipinski definition) is 3. The Balaban J connectivity index is 2.10. The third-order valence-electron chi connectivity index (χ3n) is 4.11. The monoisotopic (exact) mass is 446 g/mol. The first kappa shape index (κ1) is 23.5. The molecule has 0 saturated heterocycles. The molecule has 0 fully saturated rings. The maximum absolute atomic E-state index is 12.4. The number of amides is 2. The third-order valence-corrected chi connectivity index (χ3v) is 4.31.